The maximum Gasteiger partial charge on any atom is 0.345 e. The predicted octanol–water partition coefficient (Wildman–Crippen LogP) is 0.869. The quantitative estimate of drug-likeness (QED) is 0.801. The molecule has 1 fully saturated rings. The lowest BCUT2D eigenvalue weighted by atomic mass is 10.1. The van der Waals surface area contributed by atoms with Crippen LogP contribution in [0.3, 0.4) is 0 Å². The number of nitrogens with two attached hydrogens (primary N) is 1. The largest absolute Gasteiger partial charge is 0.465 e. The fourth-order valence-electron chi connectivity index (χ4n) is 2.61. The normalized spacial score (nSPS) is 19.1. The summed E-state index contributed by atoms with van der Waals surface area (Å²) in [4.78, 5) is 13.9. The van der Waals surface area contributed by atoms with Crippen LogP contribution in [-0.2, 0) is 11.3 Å². The van der Waals surface area contributed by atoms with E-state index in [4.69, 9.17) is 10.5 Å². The molecule has 1 unspecified atom stereocenters. The Bertz CT molecular complexity index is 513. The second-order valence-corrected chi connectivity index (χ2v) is 5.89. The highest BCUT2D eigenvalue weighted by Crippen LogP contribution is 2.29. The van der Waals surface area contributed by atoms with Crippen molar-refractivity contribution in [2.75, 3.05) is 30.8 Å². The molecule has 2 heterocycles. The van der Waals surface area contributed by atoms with Crippen LogP contribution in [0, 0.1) is 5.92 Å². The minimum absolute atomic E-state index is 0.298. The molecule has 1 saturated heterocycles. The number of anilines is 2. The molecule has 118 valence electrons. The van der Waals surface area contributed by atoms with Crippen molar-refractivity contribution in [3.05, 3.63) is 5.56 Å². The molecule has 1 aliphatic heterocycles. The second-order valence-electron chi connectivity index (χ2n) is 5.89. The van der Waals surface area contributed by atoms with Gasteiger partial charge in [-0.05, 0) is 18.8 Å². The average molecular weight is 296 g/mol. The Hall–Kier alpha value is -1.76. The molecule has 0 bridgehead atoms. The van der Waals surface area contributed by atoms with Gasteiger partial charge in [-0.3, -0.25) is 0 Å². The Morgan fingerprint density at radius 3 is 2.86 bits per heavy atom. The Labute approximate surface area is 124 Å². The number of hydrogen-bond acceptors (Lipinski definition) is 6. The highest BCUT2D eigenvalue weighted by atomic mass is 16.5. The topological polar surface area (TPSA) is 93.6 Å². The number of piperidine rings is 1. The van der Waals surface area contributed by atoms with Gasteiger partial charge in [-0.2, -0.15) is 5.10 Å². The molecule has 0 aliphatic carbocycles. The Kier molecular flexibility index (Phi) is 4.72. The molecule has 0 radical (unpaired) electrons. The SMILES string of the molecule is COC(=O)c1c(N2CCCC(O)C2)nn(CC(C)C)c1N. The standard InChI is InChI=1S/C14H24N4O3/c1-9(2)7-18-12(15)11(14(20)21-3)13(16-18)17-6-4-5-10(19)8-17/h9-10,19H,4-8,15H2,1-3H3. The monoisotopic (exact) mass is 296 g/mol. The van der Waals surface area contributed by atoms with Gasteiger partial charge in [0, 0.05) is 19.6 Å². The zero-order valence-corrected chi connectivity index (χ0v) is 12.9. The number of aliphatic hydroxyl groups is 1. The average Bonchev–Trinajstić information content (AvgIpc) is 2.75. The summed E-state index contributed by atoms with van der Waals surface area (Å²) in [5.41, 5.74) is 6.38. The van der Waals surface area contributed by atoms with Gasteiger partial charge in [0.25, 0.3) is 0 Å². The minimum Gasteiger partial charge on any atom is -0.465 e. The van der Waals surface area contributed by atoms with Gasteiger partial charge < -0.3 is 20.5 Å². The molecule has 1 aromatic rings. The second kappa shape index (κ2) is 6.34. The lowest BCUT2D eigenvalue weighted by Crippen LogP contribution is -2.39. The molecule has 2 rings (SSSR count). The number of esters is 1. The number of methoxy groups -OCH3 is 1. The summed E-state index contributed by atoms with van der Waals surface area (Å²) in [6.45, 7) is 5.96. The molecule has 0 spiro atoms. The van der Waals surface area contributed by atoms with Gasteiger partial charge in [0.1, 0.15) is 11.4 Å². The lowest BCUT2D eigenvalue weighted by molar-refractivity contribution is 0.0602. The molecule has 7 nitrogen and oxygen atoms in total. The number of rotatable bonds is 4. The smallest absolute Gasteiger partial charge is 0.345 e. The number of aromatic nitrogens is 2. The number of aliphatic hydroxyl groups excluding tert-OH is 1. The van der Waals surface area contributed by atoms with E-state index in [9.17, 15) is 9.90 Å². The van der Waals surface area contributed by atoms with Gasteiger partial charge >= 0.3 is 5.97 Å². The maximum absolute atomic E-state index is 12.0. The third kappa shape index (κ3) is 3.29. The van der Waals surface area contributed by atoms with E-state index in [1.165, 1.54) is 7.11 Å². The van der Waals surface area contributed by atoms with Crippen LogP contribution in [0.5, 0.6) is 0 Å². The molecule has 3 N–H and O–H groups in total. The molecular weight excluding hydrogens is 272 g/mol. The summed E-state index contributed by atoms with van der Waals surface area (Å²) in [6, 6.07) is 0. The van der Waals surface area contributed by atoms with Gasteiger partial charge in [0.15, 0.2) is 5.82 Å². The van der Waals surface area contributed by atoms with E-state index >= 15 is 0 Å². The van der Waals surface area contributed by atoms with Crippen LogP contribution < -0.4 is 10.6 Å². The van der Waals surface area contributed by atoms with E-state index in [2.05, 4.69) is 18.9 Å². The fourth-order valence-corrected chi connectivity index (χ4v) is 2.61. The van der Waals surface area contributed by atoms with Crippen molar-refractivity contribution in [1.82, 2.24) is 9.78 Å². The Morgan fingerprint density at radius 2 is 2.29 bits per heavy atom. The van der Waals surface area contributed by atoms with Crippen LogP contribution in [0.1, 0.15) is 37.0 Å². The number of nitrogens with zero attached hydrogens (tertiary/aromatic N) is 3. The summed E-state index contributed by atoms with van der Waals surface area (Å²) in [6.07, 6.45) is 1.23. The molecule has 21 heavy (non-hydrogen) atoms. The molecule has 7 heteroatoms. The van der Waals surface area contributed by atoms with Crippen molar-refractivity contribution < 1.29 is 14.6 Å². The lowest BCUT2D eigenvalue weighted by Gasteiger charge is -2.30. The number of carbonyl (C=O) groups excluding carboxylic acids is 1. The first-order valence-electron chi connectivity index (χ1n) is 7.31. The van der Waals surface area contributed by atoms with E-state index in [1.54, 1.807) is 4.68 Å². The number of nitrogen functional groups attached to an aromatic ring is 1. The van der Waals surface area contributed by atoms with Gasteiger partial charge in [0.2, 0.25) is 0 Å². The maximum atomic E-state index is 12.0. The molecular formula is C14H24N4O3. The van der Waals surface area contributed by atoms with Gasteiger partial charge in [-0.1, -0.05) is 13.8 Å². The number of ether oxygens (including phenoxy) is 1. The summed E-state index contributed by atoms with van der Waals surface area (Å²) in [7, 11) is 1.33. The van der Waals surface area contributed by atoms with E-state index in [0.29, 0.717) is 36.2 Å². The summed E-state index contributed by atoms with van der Waals surface area (Å²) in [5, 5.41) is 14.3. The molecule has 1 aliphatic rings. The molecule has 0 saturated carbocycles. The van der Waals surface area contributed by atoms with Crippen molar-refractivity contribution in [1.29, 1.82) is 0 Å². The van der Waals surface area contributed by atoms with Gasteiger partial charge in [-0.15, -0.1) is 0 Å². The zero-order chi connectivity index (χ0) is 15.6. The Morgan fingerprint density at radius 1 is 1.57 bits per heavy atom. The third-order valence-corrected chi connectivity index (χ3v) is 3.60. The van der Waals surface area contributed by atoms with Crippen LogP contribution in [0.2, 0.25) is 0 Å². The number of carbonyl (C=O) groups is 1. The van der Waals surface area contributed by atoms with Crippen molar-refractivity contribution in [3.8, 4) is 0 Å². The first kappa shape index (κ1) is 15.6. The van der Waals surface area contributed by atoms with E-state index in [-0.39, 0.29) is 0 Å². The highest BCUT2D eigenvalue weighted by molar-refractivity contribution is 5.99. The predicted molar refractivity (Wildman–Crippen MR) is 80.3 cm³/mol. The van der Waals surface area contributed by atoms with Crippen molar-refractivity contribution in [2.45, 2.75) is 39.3 Å². The van der Waals surface area contributed by atoms with Crippen molar-refractivity contribution in [3.63, 3.8) is 0 Å². The van der Waals surface area contributed by atoms with Crippen LogP contribution in [0.4, 0.5) is 11.6 Å². The molecule has 0 amide bonds. The third-order valence-electron chi connectivity index (χ3n) is 3.60. The van der Waals surface area contributed by atoms with Crippen molar-refractivity contribution >= 4 is 17.6 Å². The summed E-state index contributed by atoms with van der Waals surface area (Å²) < 4.78 is 6.48. The van der Waals surface area contributed by atoms with Gasteiger partial charge in [-0.25, -0.2) is 9.48 Å². The molecule has 1 atom stereocenters. The van der Waals surface area contributed by atoms with E-state index in [0.717, 1.165) is 19.4 Å². The van der Waals surface area contributed by atoms with Crippen LogP contribution in [-0.4, -0.2) is 47.2 Å². The van der Waals surface area contributed by atoms with Crippen LogP contribution >= 0.6 is 0 Å². The molecule has 0 aromatic carbocycles. The van der Waals surface area contributed by atoms with Crippen molar-refractivity contribution in [2.24, 2.45) is 5.92 Å². The van der Waals surface area contributed by atoms with E-state index < -0.39 is 12.1 Å². The summed E-state index contributed by atoms with van der Waals surface area (Å²) >= 11 is 0. The Balaban J connectivity index is 2.40. The highest BCUT2D eigenvalue weighted by Gasteiger charge is 2.29. The van der Waals surface area contributed by atoms with Gasteiger partial charge in [0.05, 0.1) is 13.2 Å². The summed E-state index contributed by atoms with van der Waals surface area (Å²) in [5.74, 6) is 0.708. The fraction of sp³-hybridized carbons (Fsp3) is 0.714. The first-order chi connectivity index (χ1) is 9.93. The molecule has 1 aromatic heterocycles. The van der Waals surface area contributed by atoms with Crippen LogP contribution in [0.15, 0.2) is 0 Å². The first-order valence-corrected chi connectivity index (χ1v) is 7.31. The van der Waals surface area contributed by atoms with Crippen LogP contribution in [0.25, 0.3) is 0 Å². The minimum atomic E-state index is -0.488. The number of hydrogen-bond donors (Lipinski definition) is 2. The van der Waals surface area contributed by atoms with E-state index in [1.807, 2.05) is 4.90 Å². The zero-order valence-electron chi connectivity index (χ0n) is 12.9. The number of β-amino-alcohol motifs (C(OH)–C–C–N with tert-alkyl or cyclic N) is 1.